The number of nitriles is 1. The highest BCUT2D eigenvalue weighted by atomic mass is 16.5. The van der Waals surface area contributed by atoms with Gasteiger partial charge in [-0.25, -0.2) is 4.98 Å². The molecule has 21 heavy (non-hydrogen) atoms. The SMILES string of the molecule is N#Cc1cccc(OCCCN2CCn3ccnc3C2)c1. The summed E-state index contributed by atoms with van der Waals surface area (Å²) in [7, 11) is 0. The Morgan fingerprint density at radius 1 is 1.33 bits per heavy atom. The Morgan fingerprint density at radius 3 is 3.19 bits per heavy atom. The molecule has 0 saturated carbocycles. The molecule has 5 nitrogen and oxygen atoms in total. The third kappa shape index (κ3) is 3.41. The second-order valence-corrected chi connectivity index (χ2v) is 5.15. The summed E-state index contributed by atoms with van der Waals surface area (Å²) in [5.74, 6) is 1.91. The maximum atomic E-state index is 8.85. The molecule has 0 radical (unpaired) electrons. The van der Waals surface area contributed by atoms with Gasteiger partial charge in [0.15, 0.2) is 0 Å². The van der Waals surface area contributed by atoms with Gasteiger partial charge in [0.1, 0.15) is 11.6 Å². The smallest absolute Gasteiger partial charge is 0.122 e. The van der Waals surface area contributed by atoms with Gasteiger partial charge < -0.3 is 9.30 Å². The second-order valence-electron chi connectivity index (χ2n) is 5.15. The summed E-state index contributed by atoms with van der Waals surface area (Å²) >= 11 is 0. The molecular formula is C16H18N4O. The molecule has 0 amide bonds. The van der Waals surface area contributed by atoms with Gasteiger partial charge in [-0.15, -0.1) is 0 Å². The summed E-state index contributed by atoms with van der Waals surface area (Å²) in [5.41, 5.74) is 0.635. The number of fused-ring (bicyclic) bond motifs is 1. The molecule has 108 valence electrons. The Morgan fingerprint density at radius 2 is 2.29 bits per heavy atom. The van der Waals surface area contributed by atoms with Crippen LogP contribution in [0.2, 0.25) is 0 Å². The summed E-state index contributed by atoms with van der Waals surface area (Å²) in [6.45, 7) is 4.66. The zero-order valence-electron chi connectivity index (χ0n) is 11.9. The van der Waals surface area contributed by atoms with Gasteiger partial charge in [0.05, 0.1) is 24.8 Å². The number of imidazole rings is 1. The van der Waals surface area contributed by atoms with Gasteiger partial charge in [0, 0.05) is 32.0 Å². The van der Waals surface area contributed by atoms with E-state index in [1.165, 1.54) is 0 Å². The minimum atomic E-state index is 0.635. The lowest BCUT2D eigenvalue weighted by Crippen LogP contribution is -2.34. The van der Waals surface area contributed by atoms with E-state index >= 15 is 0 Å². The van der Waals surface area contributed by atoms with E-state index in [-0.39, 0.29) is 0 Å². The van der Waals surface area contributed by atoms with Crippen molar-refractivity contribution in [2.45, 2.75) is 19.5 Å². The quantitative estimate of drug-likeness (QED) is 0.788. The number of hydrogen-bond donors (Lipinski definition) is 0. The van der Waals surface area contributed by atoms with E-state index in [0.29, 0.717) is 12.2 Å². The van der Waals surface area contributed by atoms with E-state index in [4.69, 9.17) is 10.00 Å². The Kier molecular flexibility index (Phi) is 4.17. The summed E-state index contributed by atoms with van der Waals surface area (Å²) in [4.78, 5) is 6.76. The van der Waals surface area contributed by atoms with Crippen LogP contribution < -0.4 is 4.74 Å². The van der Waals surface area contributed by atoms with Crippen LogP contribution in [0, 0.1) is 11.3 Å². The van der Waals surface area contributed by atoms with E-state index in [2.05, 4.69) is 20.5 Å². The van der Waals surface area contributed by atoms with Crippen molar-refractivity contribution in [3.63, 3.8) is 0 Å². The molecule has 0 aliphatic carbocycles. The van der Waals surface area contributed by atoms with Gasteiger partial charge >= 0.3 is 0 Å². The number of ether oxygens (including phenoxy) is 1. The number of benzene rings is 1. The third-order valence-electron chi connectivity index (χ3n) is 3.67. The van der Waals surface area contributed by atoms with Gasteiger partial charge in [-0.3, -0.25) is 4.90 Å². The van der Waals surface area contributed by atoms with Crippen LogP contribution in [0.1, 0.15) is 17.8 Å². The van der Waals surface area contributed by atoms with Crippen molar-refractivity contribution in [1.82, 2.24) is 14.5 Å². The highest BCUT2D eigenvalue weighted by Crippen LogP contribution is 2.13. The molecule has 0 bridgehead atoms. The zero-order chi connectivity index (χ0) is 14.5. The van der Waals surface area contributed by atoms with E-state index in [1.807, 2.05) is 24.5 Å². The van der Waals surface area contributed by atoms with Crippen LogP contribution in [0.3, 0.4) is 0 Å². The van der Waals surface area contributed by atoms with Crippen molar-refractivity contribution in [2.75, 3.05) is 19.7 Å². The molecule has 2 heterocycles. The van der Waals surface area contributed by atoms with E-state index in [9.17, 15) is 0 Å². The van der Waals surface area contributed by atoms with E-state index < -0.39 is 0 Å². The van der Waals surface area contributed by atoms with Gasteiger partial charge in [-0.1, -0.05) is 6.07 Å². The highest BCUT2D eigenvalue weighted by Gasteiger charge is 2.15. The first kappa shape index (κ1) is 13.7. The fourth-order valence-electron chi connectivity index (χ4n) is 2.55. The standard InChI is InChI=1S/C16H18N4O/c17-12-14-3-1-4-15(11-14)21-10-2-6-19-8-9-20-7-5-18-16(20)13-19/h1,3-5,7,11H,2,6,8-10,13H2. The first-order chi connectivity index (χ1) is 10.3. The fraction of sp³-hybridized carbons (Fsp3) is 0.375. The lowest BCUT2D eigenvalue weighted by Gasteiger charge is -2.27. The zero-order valence-corrected chi connectivity index (χ0v) is 11.9. The first-order valence-electron chi connectivity index (χ1n) is 7.20. The minimum Gasteiger partial charge on any atom is -0.494 e. The van der Waals surface area contributed by atoms with Gasteiger partial charge in [0.25, 0.3) is 0 Å². The van der Waals surface area contributed by atoms with Crippen LogP contribution in [-0.4, -0.2) is 34.1 Å². The van der Waals surface area contributed by atoms with Gasteiger partial charge in [0.2, 0.25) is 0 Å². The van der Waals surface area contributed by atoms with Gasteiger partial charge in [-0.2, -0.15) is 5.26 Å². The van der Waals surface area contributed by atoms with Crippen LogP contribution in [0.4, 0.5) is 0 Å². The van der Waals surface area contributed by atoms with Crippen molar-refractivity contribution in [3.8, 4) is 11.8 Å². The maximum absolute atomic E-state index is 8.85. The molecule has 1 aliphatic rings. The molecule has 0 spiro atoms. The van der Waals surface area contributed by atoms with Crippen molar-refractivity contribution >= 4 is 0 Å². The Balaban J connectivity index is 1.42. The highest BCUT2D eigenvalue weighted by molar-refractivity contribution is 5.36. The van der Waals surface area contributed by atoms with Crippen LogP contribution in [0.5, 0.6) is 5.75 Å². The molecule has 1 aliphatic heterocycles. The minimum absolute atomic E-state index is 0.635. The van der Waals surface area contributed by atoms with Crippen molar-refractivity contribution in [3.05, 3.63) is 48.0 Å². The van der Waals surface area contributed by atoms with Gasteiger partial charge in [-0.05, 0) is 24.6 Å². The lowest BCUT2D eigenvalue weighted by atomic mass is 10.2. The molecular weight excluding hydrogens is 264 g/mol. The molecule has 1 aromatic heterocycles. The fourth-order valence-corrected chi connectivity index (χ4v) is 2.55. The van der Waals surface area contributed by atoms with Crippen molar-refractivity contribution in [2.24, 2.45) is 0 Å². The molecule has 0 unspecified atom stereocenters. The van der Waals surface area contributed by atoms with Crippen molar-refractivity contribution in [1.29, 1.82) is 5.26 Å². The molecule has 0 N–H and O–H groups in total. The second kappa shape index (κ2) is 6.42. The first-order valence-corrected chi connectivity index (χ1v) is 7.20. The molecule has 3 rings (SSSR count). The van der Waals surface area contributed by atoms with E-state index in [1.54, 1.807) is 12.1 Å². The number of nitrogens with zero attached hydrogens (tertiary/aromatic N) is 4. The van der Waals surface area contributed by atoms with Crippen LogP contribution in [-0.2, 0) is 13.1 Å². The van der Waals surface area contributed by atoms with Crippen LogP contribution in [0.25, 0.3) is 0 Å². The van der Waals surface area contributed by atoms with E-state index in [0.717, 1.165) is 44.2 Å². The van der Waals surface area contributed by atoms with Crippen LogP contribution in [0.15, 0.2) is 36.7 Å². The molecule has 0 atom stereocenters. The normalized spacial score (nSPS) is 14.4. The summed E-state index contributed by atoms with van der Waals surface area (Å²) in [5, 5.41) is 8.85. The average molecular weight is 282 g/mol. The molecule has 1 aromatic carbocycles. The molecule has 0 saturated heterocycles. The van der Waals surface area contributed by atoms with Crippen molar-refractivity contribution < 1.29 is 4.74 Å². The summed E-state index contributed by atoms with van der Waals surface area (Å²) in [6, 6.07) is 9.41. The average Bonchev–Trinajstić information content (AvgIpc) is 2.99. The largest absolute Gasteiger partial charge is 0.494 e. The molecule has 0 fully saturated rings. The third-order valence-corrected chi connectivity index (χ3v) is 3.67. The number of rotatable bonds is 5. The monoisotopic (exact) mass is 282 g/mol. The molecule has 2 aromatic rings. The Bertz CT molecular complexity index is 644. The topological polar surface area (TPSA) is 54.1 Å². The predicted octanol–water partition coefficient (Wildman–Crippen LogP) is 2.04. The Hall–Kier alpha value is -2.32. The summed E-state index contributed by atoms with van der Waals surface area (Å²) < 4.78 is 7.90. The number of hydrogen-bond acceptors (Lipinski definition) is 4. The maximum Gasteiger partial charge on any atom is 0.122 e. The number of aromatic nitrogens is 2. The van der Waals surface area contributed by atoms with Crippen LogP contribution >= 0.6 is 0 Å². The predicted molar refractivity (Wildman–Crippen MR) is 78.8 cm³/mol. The summed E-state index contributed by atoms with van der Waals surface area (Å²) in [6.07, 6.45) is 4.87. The Labute approximate surface area is 124 Å². The molecule has 5 heteroatoms. The lowest BCUT2D eigenvalue weighted by molar-refractivity contribution is 0.195.